The van der Waals surface area contributed by atoms with Gasteiger partial charge in [-0.15, -0.1) is 11.3 Å². The normalized spacial score (nSPS) is 18.7. The van der Waals surface area contributed by atoms with E-state index in [0.29, 0.717) is 10.8 Å². The summed E-state index contributed by atoms with van der Waals surface area (Å²) in [5, 5.41) is 9.18. The van der Waals surface area contributed by atoms with Gasteiger partial charge in [-0.05, 0) is 49.3 Å². The highest BCUT2D eigenvalue weighted by atomic mass is 32.1. The van der Waals surface area contributed by atoms with Crippen LogP contribution in [0, 0.1) is 0 Å². The van der Waals surface area contributed by atoms with Gasteiger partial charge in [0.1, 0.15) is 5.82 Å². The summed E-state index contributed by atoms with van der Waals surface area (Å²) in [6.45, 7) is 0. The van der Waals surface area contributed by atoms with E-state index in [9.17, 15) is 9.59 Å². The van der Waals surface area contributed by atoms with E-state index in [-0.39, 0.29) is 12.1 Å². The third-order valence-electron chi connectivity index (χ3n) is 5.35. The zero-order valence-electron chi connectivity index (χ0n) is 17.1. The Labute approximate surface area is 179 Å². The molecule has 1 aliphatic rings. The number of thiophene rings is 1. The van der Waals surface area contributed by atoms with Crippen LogP contribution in [0.2, 0.25) is 0 Å². The SMILES string of the molecule is CN(C)c1nc(N[C@H]2CC[C@@H](NC(=O)C(=O)c3cccs3)CC2)nc2ccccc12. The van der Waals surface area contributed by atoms with Crippen LogP contribution in [0.3, 0.4) is 0 Å². The molecule has 1 saturated carbocycles. The summed E-state index contributed by atoms with van der Waals surface area (Å²) in [5.41, 5.74) is 0.909. The zero-order chi connectivity index (χ0) is 21.1. The lowest BCUT2D eigenvalue weighted by atomic mass is 9.91. The second-order valence-electron chi connectivity index (χ2n) is 7.76. The molecule has 0 radical (unpaired) electrons. The smallest absolute Gasteiger partial charge is 0.293 e. The molecule has 2 N–H and O–H groups in total. The van der Waals surface area contributed by atoms with Crippen LogP contribution in [0.5, 0.6) is 0 Å². The molecule has 3 aromatic rings. The van der Waals surface area contributed by atoms with Crippen molar-refractivity contribution in [2.45, 2.75) is 37.8 Å². The molecule has 30 heavy (non-hydrogen) atoms. The quantitative estimate of drug-likeness (QED) is 0.466. The molecule has 1 amide bonds. The largest absolute Gasteiger partial charge is 0.362 e. The minimum absolute atomic E-state index is 0.0225. The zero-order valence-corrected chi connectivity index (χ0v) is 17.9. The molecule has 8 heteroatoms. The molecule has 1 aromatic carbocycles. The number of anilines is 2. The first-order valence-electron chi connectivity index (χ1n) is 10.1. The highest BCUT2D eigenvalue weighted by molar-refractivity contribution is 7.13. The monoisotopic (exact) mass is 423 g/mol. The van der Waals surface area contributed by atoms with Gasteiger partial charge in [-0.25, -0.2) is 4.98 Å². The fourth-order valence-corrected chi connectivity index (χ4v) is 4.46. The first kappa shape index (κ1) is 20.3. The van der Waals surface area contributed by atoms with Crippen LogP contribution in [0.15, 0.2) is 41.8 Å². The van der Waals surface area contributed by atoms with Crippen LogP contribution < -0.4 is 15.5 Å². The number of amides is 1. The third kappa shape index (κ3) is 4.43. The number of nitrogens with one attached hydrogen (secondary N) is 2. The predicted octanol–water partition coefficient (Wildman–Crippen LogP) is 3.48. The van der Waals surface area contributed by atoms with E-state index in [0.717, 1.165) is 42.4 Å². The lowest BCUT2D eigenvalue weighted by Gasteiger charge is -2.29. The molecule has 0 saturated heterocycles. The van der Waals surface area contributed by atoms with Gasteiger partial charge in [0.05, 0.1) is 10.4 Å². The Kier molecular flexibility index (Phi) is 5.94. The maximum absolute atomic E-state index is 12.2. The molecule has 7 nitrogen and oxygen atoms in total. The number of fused-ring (bicyclic) bond motifs is 1. The first-order chi connectivity index (χ1) is 14.5. The molecule has 0 bridgehead atoms. The standard InChI is InChI=1S/C22H25N5O2S/c1-27(2)20-16-6-3-4-7-17(16)25-22(26-20)24-15-11-9-14(10-12-15)23-21(29)19(28)18-8-5-13-30-18/h3-8,13-15H,9-12H2,1-2H3,(H,23,29)(H,24,25,26)/t14-,15+. The van der Waals surface area contributed by atoms with Crippen LogP contribution >= 0.6 is 11.3 Å². The van der Waals surface area contributed by atoms with E-state index in [1.165, 1.54) is 11.3 Å². The van der Waals surface area contributed by atoms with Crippen molar-refractivity contribution in [3.63, 3.8) is 0 Å². The van der Waals surface area contributed by atoms with Crippen LogP contribution in [0.25, 0.3) is 10.9 Å². The van der Waals surface area contributed by atoms with Crippen LogP contribution in [0.1, 0.15) is 35.4 Å². The average molecular weight is 424 g/mol. The summed E-state index contributed by atoms with van der Waals surface area (Å²) in [5.74, 6) is 0.544. The van der Waals surface area contributed by atoms with Crippen LogP contribution in [-0.2, 0) is 4.79 Å². The minimum Gasteiger partial charge on any atom is -0.362 e. The Morgan fingerprint density at radius 3 is 2.43 bits per heavy atom. The van der Waals surface area contributed by atoms with Gasteiger partial charge < -0.3 is 15.5 Å². The van der Waals surface area contributed by atoms with E-state index in [2.05, 4.69) is 15.6 Å². The van der Waals surface area contributed by atoms with Crippen LogP contribution in [0.4, 0.5) is 11.8 Å². The summed E-state index contributed by atoms with van der Waals surface area (Å²) in [6.07, 6.45) is 3.39. The topological polar surface area (TPSA) is 87.2 Å². The number of aromatic nitrogens is 2. The van der Waals surface area contributed by atoms with Crippen molar-refractivity contribution < 1.29 is 9.59 Å². The van der Waals surface area contributed by atoms with Crippen molar-refractivity contribution in [2.75, 3.05) is 24.3 Å². The Balaban J connectivity index is 1.36. The van der Waals surface area contributed by atoms with E-state index in [1.54, 1.807) is 17.5 Å². The van der Waals surface area contributed by atoms with E-state index >= 15 is 0 Å². The van der Waals surface area contributed by atoms with Crippen molar-refractivity contribution in [1.82, 2.24) is 15.3 Å². The number of para-hydroxylation sites is 1. The molecule has 0 unspecified atom stereocenters. The number of nitrogens with zero attached hydrogens (tertiary/aromatic N) is 3. The molecule has 0 aliphatic heterocycles. The number of benzene rings is 1. The number of carbonyl (C=O) groups excluding carboxylic acids is 2. The molecule has 4 rings (SSSR count). The van der Waals surface area contributed by atoms with E-state index in [1.807, 2.05) is 43.3 Å². The Morgan fingerprint density at radius 1 is 1.00 bits per heavy atom. The molecule has 156 valence electrons. The van der Waals surface area contributed by atoms with Gasteiger partial charge in [0.2, 0.25) is 5.95 Å². The molecular formula is C22H25N5O2S. The van der Waals surface area contributed by atoms with Crippen molar-refractivity contribution in [1.29, 1.82) is 0 Å². The number of Topliss-reactive ketones (excluding diaryl/α,β-unsaturated/α-hetero) is 1. The summed E-state index contributed by atoms with van der Waals surface area (Å²) >= 11 is 1.29. The van der Waals surface area contributed by atoms with Crippen LogP contribution in [-0.4, -0.2) is 47.8 Å². The maximum atomic E-state index is 12.2. The van der Waals surface area contributed by atoms with Gasteiger partial charge in [-0.2, -0.15) is 4.98 Å². The average Bonchev–Trinajstić information content (AvgIpc) is 3.28. The highest BCUT2D eigenvalue weighted by Gasteiger charge is 2.26. The number of rotatable bonds is 6. The van der Waals surface area contributed by atoms with Crippen molar-refractivity contribution in [3.05, 3.63) is 46.7 Å². The third-order valence-corrected chi connectivity index (χ3v) is 6.22. The second-order valence-corrected chi connectivity index (χ2v) is 8.70. The molecule has 2 aromatic heterocycles. The predicted molar refractivity (Wildman–Crippen MR) is 120 cm³/mol. The van der Waals surface area contributed by atoms with Gasteiger partial charge in [-0.3, -0.25) is 9.59 Å². The molecule has 2 heterocycles. The molecule has 0 atom stereocenters. The van der Waals surface area contributed by atoms with Gasteiger partial charge in [-0.1, -0.05) is 18.2 Å². The van der Waals surface area contributed by atoms with Gasteiger partial charge in [0.25, 0.3) is 11.7 Å². The van der Waals surface area contributed by atoms with Gasteiger partial charge >= 0.3 is 0 Å². The fraction of sp³-hybridized carbons (Fsp3) is 0.364. The van der Waals surface area contributed by atoms with Crippen molar-refractivity contribution in [2.24, 2.45) is 0 Å². The van der Waals surface area contributed by atoms with Gasteiger partial charge in [0.15, 0.2) is 0 Å². The summed E-state index contributed by atoms with van der Waals surface area (Å²) < 4.78 is 0. The summed E-state index contributed by atoms with van der Waals surface area (Å²) in [4.78, 5) is 36.2. The van der Waals surface area contributed by atoms with E-state index in [4.69, 9.17) is 4.98 Å². The maximum Gasteiger partial charge on any atom is 0.293 e. The molecule has 1 aliphatic carbocycles. The molecule has 0 spiro atoms. The minimum atomic E-state index is -0.512. The second kappa shape index (κ2) is 8.79. The molecular weight excluding hydrogens is 398 g/mol. The lowest BCUT2D eigenvalue weighted by Crippen LogP contribution is -2.43. The number of hydrogen-bond donors (Lipinski definition) is 2. The highest BCUT2D eigenvalue weighted by Crippen LogP contribution is 2.26. The first-order valence-corrected chi connectivity index (χ1v) is 11.0. The number of ketones is 1. The number of carbonyl (C=O) groups is 2. The van der Waals surface area contributed by atoms with E-state index < -0.39 is 11.7 Å². The Bertz CT molecular complexity index is 1040. The fourth-order valence-electron chi connectivity index (χ4n) is 3.80. The summed E-state index contributed by atoms with van der Waals surface area (Å²) in [7, 11) is 3.95. The lowest BCUT2D eigenvalue weighted by molar-refractivity contribution is -0.117. The number of hydrogen-bond acceptors (Lipinski definition) is 7. The molecule has 1 fully saturated rings. The summed E-state index contributed by atoms with van der Waals surface area (Å²) in [6, 6.07) is 11.7. The van der Waals surface area contributed by atoms with Crippen molar-refractivity contribution >= 4 is 45.7 Å². The Hall–Kier alpha value is -3.00. The van der Waals surface area contributed by atoms with Gasteiger partial charge in [0, 0.05) is 31.6 Å². The Morgan fingerprint density at radius 2 is 1.73 bits per heavy atom. The van der Waals surface area contributed by atoms with Crippen molar-refractivity contribution in [3.8, 4) is 0 Å².